The molecule has 1 amide bonds. The van der Waals surface area contributed by atoms with Crippen molar-refractivity contribution < 1.29 is 15.0 Å². The summed E-state index contributed by atoms with van der Waals surface area (Å²) in [5.74, 6) is -0.0353. The zero-order chi connectivity index (χ0) is 43.5. The molecule has 2 unspecified atom stereocenters. The molecule has 358 valence electrons. The fraction of sp³-hybridized carbons (Fsp3) is 0.946. The Balaban J connectivity index is 3.37. The molecule has 0 heterocycles. The molecule has 0 rings (SSSR count). The molecule has 0 fully saturated rings. The molecule has 4 nitrogen and oxygen atoms in total. The van der Waals surface area contributed by atoms with Crippen molar-refractivity contribution in [1.82, 2.24) is 5.32 Å². The Labute approximate surface area is 377 Å². The van der Waals surface area contributed by atoms with Crippen molar-refractivity contribution in [2.75, 3.05) is 6.61 Å². The molecule has 0 aromatic heterocycles. The number of amides is 1. The van der Waals surface area contributed by atoms with E-state index < -0.39 is 12.1 Å². The van der Waals surface area contributed by atoms with Gasteiger partial charge in [0, 0.05) is 6.42 Å². The van der Waals surface area contributed by atoms with Crippen molar-refractivity contribution in [2.24, 2.45) is 0 Å². The normalized spacial score (nSPS) is 12.8. The fourth-order valence-corrected chi connectivity index (χ4v) is 9.01. The number of hydrogen-bond donors (Lipinski definition) is 3. The highest BCUT2D eigenvalue weighted by Gasteiger charge is 2.20. The molecule has 60 heavy (non-hydrogen) atoms. The molecule has 0 radical (unpaired) electrons. The summed E-state index contributed by atoms with van der Waals surface area (Å²) in [4.78, 5) is 12.4. The number of allylic oxidation sites excluding steroid dienone is 2. The van der Waals surface area contributed by atoms with E-state index in [9.17, 15) is 15.0 Å². The predicted molar refractivity (Wildman–Crippen MR) is 267 cm³/mol. The van der Waals surface area contributed by atoms with Crippen LogP contribution in [0.15, 0.2) is 12.2 Å². The van der Waals surface area contributed by atoms with Gasteiger partial charge in [-0.3, -0.25) is 4.79 Å². The molecule has 0 aliphatic heterocycles. The first-order valence-corrected chi connectivity index (χ1v) is 27.9. The summed E-state index contributed by atoms with van der Waals surface area (Å²) < 4.78 is 0. The molecule has 0 aromatic carbocycles. The molecular weight excluding hydrogens is 735 g/mol. The summed E-state index contributed by atoms with van der Waals surface area (Å²) in [6, 6.07) is -0.538. The van der Waals surface area contributed by atoms with Crippen molar-refractivity contribution in [3.63, 3.8) is 0 Å². The maximum Gasteiger partial charge on any atom is 0.220 e. The minimum atomic E-state index is -0.661. The monoisotopic (exact) mass is 846 g/mol. The van der Waals surface area contributed by atoms with Gasteiger partial charge in [0.05, 0.1) is 18.8 Å². The SMILES string of the molecule is CCCCCCCC/C=C\CCCCCCCC(=O)NC(CO)C(O)CCCCCCCCCCCCCCCCCCCCCCCCCCCCCCCCCCC. The third-order valence-corrected chi connectivity index (χ3v) is 13.3. The molecule has 0 spiro atoms. The van der Waals surface area contributed by atoms with E-state index in [2.05, 4.69) is 31.3 Å². The summed E-state index contributed by atoms with van der Waals surface area (Å²) in [5, 5.41) is 23.3. The second-order valence-electron chi connectivity index (χ2n) is 19.4. The van der Waals surface area contributed by atoms with Gasteiger partial charge in [-0.05, 0) is 38.5 Å². The highest BCUT2D eigenvalue weighted by Crippen LogP contribution is 2.18. The average Bonchev–Trinajstić information content (AvgIpc) is 3.25. The number of unbranched alkanes of at least 4 members (excludes halogenated alkanes) is 43. The summed E-state index contributed by atoms with van der Waals surface area (Å²) in [5.41, 5.74) is 0. The first-order chi connectivity index (χ1) is 29.7. The number of hydrogen-bond acceptors (Lipinski definition) is 3. The molecule has 2 atom stereocenters. The predicted octanol–water partition coefficient (Wildman–Crippen LogP) is 18.1. The van der Waals surface area contributed by atoms with Crippen molar-refractivity contribution in [3.05, 3.63) is 12.2 Å². The van der Waals surface area contributed by atoms with Crippen LogP contribution in [0.4, 0.5) is 0 Å². The van der Waals surface area contributed by atoms with Crippen LogP contribution in [0.5, 0.6) is 0 Å². The smallest absolute Gasteiger partial charge is 0.220 e. The average molecular weight is 847 g/mol. The summed E-state index contributed by atoms with van der Waals surface area (Å²) in [6.45, 7) is 4.38. The van der Waals surface area contributed by atoms with Gasteiger partial charge in [0.15, 0.2) is 0 Å². The standard InChI is InChI=1S/C56H111NO3/c1-3-5-7-9-11-13-15-17-19-20-21-22-23-24-25-26-27-28-29-30-31-32-33-34-35-36-38-39-41-43-45-47-49-51-55(59)54(53-58)57-56(60)52-50-48-46-44-42-40-37-18-16-14-12-10-8-6-4-2/h18,37,54-55,58-59H,3-17,19-36,38-53H2,1-2H3,(H,57,60)/b37-18-. The number of nitrogens with one attached hydrogen (secondary N) is 1. The van der Waals surface area contributed by atoms with Gasteiger partial charge in [0.2, 0.25) is 5.91 Å². The summed E-state index contributed by atoms with van der Waals surface area (Å²) >= 11 is 0. The number of carbonyl (C=O) groups is 1. The molecule has 0 aliphatic carbocycles. The van der Waals surface area contributed by atoms with E-state index in [1.165, 1.54) is 270 Å². The largest absolute Gasteiger partial charge is 0.394 e. The van der Waals surface area contributed by atoms with Crippen LogP contribution in [0.3, 0.4) is 0 Å². The van der Waals surface area contributed by atoms with E-state index in [1.54, 1.807) is 0 Å². The molecule has 0 bridgehead atoms. The molecule has 0 saturated carbocycles. The van der Waals surface area contributed by atoms with Crippen LogP contribution < -0.4 is 5.32 Å². The third-order valence-electron chi connectivity index (χ3n) is 13.3. The van der Waals surface area contributed by atoms with Crippen LogP contribution in [0.2, 0.25) is 0 Å². The van der Waals surface area contributed by atoms with E-state index in [1.807, 2.05) is 0 Å². The van der Waals surface area contributed by atoms with Gasteiger partial charge in [0.1, 0.15) is 0 Å². The molecule has 0 saturated heterocycles. The number of rotatable bonds is 52. The highest BCUT2D eigenvalue weighted by molar-refractivity contribution is 5.76. The fourth-order valence-electron chi connectivity index (χ4n) is 9.01. The summed E-state index contributed by atoms with van der Waals surface area (Å²) in [7, 11) is 0. The maximum absolute atomic E-state index is 12.4. The zero-order valence-corrected chi connectivity index (χ0v) is 41.3. The number of carbonyl (C=O) groups excluding carboxylic acids is 1. The van der Waals surface area contributed by atoms with Crippen LogP contribution >= 0.6 is 0 Å². The number of aliphatic hydroxyl groups is 2. The Bertz CT molecular complexity index is 829. The van der Waals surface area contributed by atoms with Gasteiger partial charge in [-0.1, -0.05) is 289 Å². The lowest BCUT2D eigenvalue weighted by atomic mass is 10.0. The Hall–Kier alpha value is -0.870. The van der Waals surface area contributed by atoms with Gasteiger partial charge >= 0.3 is 0 Å². The van der Waals surface area contributed by atoms with Crippen LogP contribution in [0.1, 0.15) is 322 Å². The topological polar surface area (TPSA) is 69.6 Å². The molecule has 3 N–H and O–H groups in total. The minimum absolute atomic E-state index is 0.0353. The summed E-state index contributed by atoms with van der Waals surface area (Å²) in [6.07, 6.45) is 67.8. The Morgan fingerprint density at radius 3 is 0.917 bits per heavy atom. The Morgan fingerprint density at radius 1 is 0.383 bits per heavy atom. The maximum atomic E-state index is 12.4. The van der Waals surface area contributed by atoms with Gasteiger partial charge in [-0.15, -0.1) is 0 Å². The second kappa shape index (κ2) is 52.5. The molecular formula is C56H111NO3. The van der Waals surface area contributed by atoms with Crippen molar-refractivity contribution >= 4 is 5.91 Å². The van der Waals surface area contributed by atoms with Gasteiger partial charge in [-0.25, -0.2) is 0 Å². The van der Waals surface area contributed by atoms with Crippen LogP contribution in [-0.2, 0) is 4.79 Å². The number of aliphatic hydroxyl groups excluding tert-OH is 2. The first-order valence-electron chi connectivity index (χ1n) is 27.9. The van der Waals surface area contributed by atoms with Gasteiger partial charge in [-0.2, -0.15) is 0 Å². The van der Waals surface area contributed by atoms with E-state index in [-0.39, 0.29) is 12.5 Å². The first kappa shape index (κ1) is 59.1. The van der Waals surface area contributed by atoms with Crippen molar-refractivity contribution in [1.29, 1.82) is 0 Å². The van der Waals surface area contributed by atoms with Crippen LogP contribution in [0, 0.1) is 0 Å². The molecule has 0 aliphatic rings. The van der Waals surface area contributed by atoms with E-state index in [0.717, 1.165) is 25.7 Å². The lowest BCUT2D eigenvalue weighted by Crippen LogP contribution is -2.45. The lowest BCUT2D eigenvalue weighted by Gasteiger charge is -2.22. The van der Waals surface area contributed by atoms with E-state index >= 15 is 0 Å². The van der Waals surface area contributed by atoms with Crippen molar-refractivity contribution in [2.45, 2.75) is 334 Å². The molecule has 4 heteroatoms. The van der Waals surface area contributed by atoms with Crippen molar-refractivity contribution in [3.8, 4) is 0 Å². The Kier molecular flexibility index (Phi) is 51.7. The zero-order valence-electron chi connectivity index (χ0n) is 41.3. The minimum Gasteiger partial charge on any atom is -0.394 e. The lowest BCUT2D eigenvalue weighted by molar-refractivity contribution is -0.123. The van der Waals surface area contributed by atoms with Gasteiger partial charge in [0.25, 0.3) is 0 Å². The third kappa shape index (κ3) is 48.2. The van der Waals surface area contributed by atoms with E-state index in [0.29, 0.717) is 12.8 Å². The quantitative estimate of drug-likeness (QED) is 0.0422. The second-order valence-corrected chi connectivity index (χ2v) is 19.4. The molecule has 0 aromatic rings. The highest BCUT2D eigenvalue weighted by atomic mass is 16.3. The Morgan fingerprint density at radius 2 is 0.633 bits per heavy atom. The van der Waals surface area contributed by atoms with Crippen LogP contribution in [0.25, 0.3) is 0 Å². The van der Waals surface area contributed by atoms with Crippen LogP contribution in [-0.4, -0.2) is 34.9 Å². The van der Waals surface area contributed by atoms with Gasteiger partial charge < -0.3 is 15.5 Å². The van der Waals surface area contributed by atoms with E-state index in [4.69, 9.17) is 0 Å².